The smallest absolute Gasteiger partial charge is 0.237 e. The molecule has 1 aromatic heterocycles. The van der Waals surface area contributed by atoms with Gasteiger partial charge in [0, 0.05) is 5.69 Å². The second kappa shape index (κ2) is 9.50. The first-order valence-corrected chi connectivity index (χ1v) is 10.4. The minimum atomic E-state index is -0.340. The molecule has 1 unspecified atom stereocenters. The van der Waals surface area contributed by atoms with Gasteiger partial charge in [-0.2, -0.15) is 4.68 Å². The number of tetrazole rings is 1. The Bertz CT molecular complexity index is 923. The third-order valence-electron chi connectivity index (χ3n) is 4.50. The number of nitrogens with one attached hydrogen (secondary N) is 1. The zero-order chi connectivity index (χ0) is 19.9. The monoisotopic (exact) mass is 395 g/mol. The quantitative estimate of drug-likeness (QED) is 0.571. The summed E-state index contributed by atoms with van der Waals surface area (Å²) in [6, 6.07) is 16.0. The predicted molar refractivity (Wildman–Crippen MR) is 113 cm³/mol. The average molecular weight is 396 g/mol. The fraction of sp³-hybridized carbons (Fsp3) is 0.333. The van der Waals surface area contributed by atoms with Crippen molar-refractivity contribution < 1.29 is 4.79 Å². The van der Waals surface area contributed by atoms with Crippen molar-refractivity contribution in [2.45, 2.75) is 50.4 Å². The third kappa shape index (κ3) is 4.98. The van der Waals surface area contributed by atoms with E-state index in [9.17, 15) is 4.79 Å². The maximum absolute atomic E-state index is 12.6. The van der Waals surface area contributed by atoms with Crippen LogP contribution in [0.2, 0.25) is 0 Å². The number of hydrogen-bond donors (Lipinski definition) is 1. The lowest BCUT2D eigenvalue weighted by Gasteiger charge is -2.13. The summed E-state index contributed by atoms with van der Waals surface area (Å²) < 4.78 is 1.67. The van der Waals surface area contributed by atoms with Gasteiger partial charge in [-0.1, -0.05) is 55.4 Å². The Balaban J connectivity index is 1.68. The molecule has 7 heteroatoms. The molecule has 0 radical (unpaired) electrons. The van der Waals surface area contributed by atoms with Crippen molar-refractivity contribution in [3.8, 4) is 5.69 Å². The van der Waals surface area contributed by atoms with Gasteiger partial charge in [-0.3, -0.25) is 4.79 Å². The molecule has 0 spiro atoms. The molecule has 1 amide bonds. The summed E-state index contributed by atoms with van der Waals surface area (Å²) in [6.07, 6.45) is 3.43. The average Bonchev–Trinajstić information content (AvgIpc) is 3.16. The highest BCUT2D eigenvalue weighted by atomic mass is 32.2. The Labute approximate surface area is 169 Å². The van der Waals surface area contributed by atoms with Crippen molar-refractivity contribution in [3.63, 3.8) is 0 Å². The number of benzene rings is 2. The van der Waals surface area contributed by atoms with Gasteiger partial charge in [0.25, 0.3) is 0 Å². The lowest BCUT2D eigenvalue weighted by Crippen LogP contribution is -2.23. The summed E-state index contributed by atoms with van der Waals surface area (Å²) in [4.78, 5) is 12.6. The molecule has 1 N–H and O–H groups in total. The van der Waals surface area contributed by atoms with Gasteiger partial charge in [0.15, 0.2) is 0 Å². The fourth-order valence-electron chi connectivity index (χ4n) is 2.76. The van der Waals surface area contributed by atoms with Gasteiger partial charge in [-0.25, -0.2) is 0 Å². The Morgan fingerprint density at radius 1 is 1.18 bits per heavy atom. The topological polar surface area (TPSA) is 72.7 Å². The summed E-state index contributed by atoms with van der Waals surface area (Å²) >= 11 is 1.34. The van der Waals surface area contributed by atoms with Crippen LogP contribution in [0.1, 0.15) is 37.8 Å². The SMILES string of the molecule is CCCCc1ccc(-n2nnnc2SC(C)C(=O)Nc2ccccc2C)cc1. The van der Waals surface area contributed by atoms with E-state index in [1.54, 1.807) is 4.68 Å². The molecule has 0 saturated heterocycles. The van der Waals surface area contributed by atoms with Gasteiger partial charge in [0.2, 0.25) is 11.1 Å². The van der Waals surface area contributed by atoms with Crippen molar-refractivity contribution in [3.05, 3.63) is 59.7 Å². The Hall–Kier alpha value is -2.67. The van der Waals surface area contributed by atoms with E-state index >= 15 is 0 Å². The van der Waals surface area contributed by atoms with Crippen molar-refractivity contribution in [1.82, 2.24) is 20.2 Å². The maximum Gasteiger partial charge on any atom is 0.237 e. The molecule has 0 aliphatic rings. The van der Waals surface area contributed by atoms with Crippen LogP contribution >= 0.6 is 11.8 Å². The number of hydrogen-bond acceptors (Lipinski definition) is 5. The summed E-state index contributed by atoms with van der Waals surface area (Å²) in [7, 11) is 0. The van der Waals surface area contributed by atoms with E-state index < -0.39 is 0 Å². The minimum absolute atomic E-state index is 0.0798. The van der Waals surface area contributed by atoms with Gasteiger partial charge in [-0.05, 0) is 66.4 Å². The van der Waals surface area contributed by atoms with E-state index in [1.165, 1.54) is 30.2 Å². The standard InChI is InChI=1S/C21H25N5OS/c1-4-5-9-17-11-13-18(14-12-17)26-21(23-24-25-26)28-16(3)20(27)22-19-10-7-6-8-15(19)2/h6-8,10-14,16H,4-5,9H2,1-3H3,(H,22,27). The van der Waals surface area contributed by atoms with Crippen LogP contribution in [0.25, 0.3) is 5.69 Å². The van der Waals surface area contributed by atoms with Crippen LogP contribution in [0.5, 0.6) is 0 Å². The Kier molecular flexibility index (Phi) is 6.81. The molecule has 0 bridgehead atoms. The minimum Gasteiger partial charge on any atom is -0.325 e. The number of amides is 1. The first kappa shape index (κ1) is 20.1. The van der Waals surface area contributed by atoms with E-state index in [2.05, 4.69) is 39.9 Å². The number of anilines is 1. The third-order valence-corrected chi connectivity index (χ3v) is 5.53. The molecule has 0 saturated carbocycles. The number of aromatic nitrogens is 4. The predicted octanol–water partition coefficient (Wildman–Crippen LogP) is 4.43. The molecule has 0 aliphatic heterocycles. The molecule has 0 fully saturated rings. The van der Waals surface area contributed by atoms with E-state index in [-0.39, 0.29) is 11.2 Å². The molecular weight excluding hydrogens is 370 g/mol. The van der Waals surface area contributed by atoms with Gasteiger partial charge in [-0.15, -0.1) is 5.10 Å². The normalized spacial score (nSPS) is 12.0. The molecule has 1 heterocycles. The van der Waals surface area contributed by atoms with E-state index in [4.69, 9.17) is 0 Å². The van der Waals surface area contributed by atoms with E-state index in [0.29, 0.717) is 5.16 Å². The van der Waals surface area contributed by atoms with Crippen molar-refractivity contribution in [2.24, 2.45) is 0 Å². The van der Waals surface area contributed by atoms with Crippen molar-refractivity contribution in [1.29, 1.82) is 0 Å². The molecule has 3 rings (SSSR count). The van der Waals surface area contributed by atoms with Crippen LogP contribution in [0.4, 0.5) is 5.69 Å². The van der Waals surface area contributed by atoms with Crippen LogP contribution in [0.15, 0.2) is 53.7 Å². The second-order valence-corrected chi connectivity index (χ2v) is 8.02. The number of unbranched alkanes of at least 4 members (excludes halogenated alkanes) is 1. The number of carbonyl (C=O) groups excluding carboxylic acids is 1. The first-order valence-electron chi connectivity index (χ1n) is 9.49. The highest BCUT2D eigenvalue weighted by Gasteiger charge is 2.19. The first-order chi connectivity index (χ1) is 13.6. The Morgan fingerprint density at radius 3 is 2.64 bits per heavy atom. The molecule has 6 nitrogen and oxygen atoms in total. The highest BCUT2D eigenvalue weighted by Crippen LogP contribution is 2.24. The zero-order valence-electron chi connectivity index (χ0n) is 16.4. The second-order valence-electron chi connectivity index (χ2n) is 6.71. The van der Waals surface area contributed by atoms with Crippen LogP contribution in [-0.4, -0.2) is 31.4 Å². The van der Waals surface area contributed by atoms with E-state index in [0.717, 1.165) is 23.4 Å². The number of carbonyl (C=O) groups is 1. The number of aryl methyl sites for hydroxylation is 2. The van der Waals surface area contributed by atoms with Gasteiger partial charge in [0.1, 0.15) is 0 Å². The Morgan fingerprint density at radius 2 is 1.93 bits per heavy atom. The molecule has 2 aromatic carbocycles. The van der Waals surface area contributed by atoms with E-state index in [1.807, 2.05) is 50.2 Å². The number of para-hydroxylation sites is 1. The van der Waals surface area contributed by atoms with Crippen molar-refractivity contribution in [2.75, 3.05) is 5.32 Å². The molecule has 1 atom stereocenters. The number of nitrogens with zero attached hydrogens (tertiary/aromatic N) is 4. The lowest BCUT2D eigenvalue weighted by atomic mass is 10.1. The lowest BCUT2D eigenvalue weighted by molar-refractivity contribution is -0.115. The molecule has 146 valence electrons. The summed E-state index contributed by atoms with van der Waals surface area (Å²) in [6.45, 7) is 6.01. The van der Waals surface area contributed by atoms with Crippen LogP contribution in [-0.2, 0) is 11.2 Å². The van der Waals surface area contributed by atoms with Crippen LogP contribution in [0.3, 0.4) is 0 Å². The van der Waals surface area contributed by atoms with Crippen LogP contribution < -0.4 is 5.32 Å². The molecular formula is C21H25N5OS. The van der Waals surface area contributed by atoms with Crippen molar-refractivity contribution >= 4 is 23.4 Å². The van der Waals surface area contributed by atoms with Crippen LogP contribution in [0, 0.1) is 6.92 Å². The molecule has 28 heavy (non-hydrogen) atoms. The maximum atomic E-state index is 12.6. The molecule has 3 aromatic rings. The van der Waals surface area contributed by atoms with Gasteiger partial charge < -0.3 is 5.32 Å². The van der Waals surface area contributed by atoms with Gasteiger partial charge >= 0.3 is 0 Å². The summed E-state index contributed by atoms with van der Waals surface area (Å²) in [5.74, 6) is -0.0798. The van der Waals surface area contributed by atoms with Gasteiger partial charge in [0.05, 0.1) is 10.9 Å². The highest BCUT2D eigenvalue weighted by molar-refractivity contribution is 8.00. The number of rotatable bonds is 8. The largest absolute Gasteiger partial charge is 0.325 e. The summed E-state index contributed by atoms with van der Waals surface area (Å²) in [5.41, 5.74) is 4.04. The number of thioether (sulfide) groups is 1. The molecule has 0 aliphatic carbocycles. The zero-order valence-corrected chi connectivity index (χ0v) is 17.2. The summed E-state index contributed by atoms with van der Waals surface area (Å²) in [5, 5.41) is 15.2. The fourth-order valence-corrected chi connectivity index (χ4v) is 3.57.